The predicted molar refractivity (Wildman–Crippen MR) is 129 cm³/mol. The Bertz CT molecular complexity index is 1280. The quantitative estimate of drug-likeness (QED) is 0.409. The van der Waals surface area contributed by atoms with Gasteiger partial charge in [0, 0.05) is 39.9 Å². The van der Waals surface area contributed by atoms with Crippen molar-refractivity contribution >= 4 is 34.5 Å². The molecule has 0 saturated heterocycles. The van der Waals surface area contributed by atoms with E-state index in [4.69, 9.17) is 4.98 Å². The number of carbonyl (C=O) groups is 2. The van der Waals surface area contributed by atoms with Gasteiger partial charge in [0.15, 0.2) is 0 Å². The molecular formula is C26H21N3O2S. The molecule has 6 heteroatoms. The molecule has 32 heavy (non-hydrogen) atoms. The van der Waals surface area contributed by atoms with E-state index in [1.54, 1.807) is 17.4 Å². The first-order valence-corrected chi connectivity index (χ1v) is 11.4. The van der Waals surface area contributed by atoms with Crippen molar-refractivity contribution in [1.29, 1.82) is 0 Å². The van der Waals surface area contributed by atoms with E-state index in [0.29, 0.717) is 12.0 Å². The number of rotatable bonds is 4. The second-order valence-electron chi connectivity index (χ2n) is 7.71. The third-order valence-electron chi connectivity index (χ3n) is 5.45. The van der Waals surface area contributed by atoms with Gasteiger partial charge in [0.25, 0.3) is 5.91 Å². The van der Waals surface area contributed by atoms with Gasteiger partial charge >= 0.3 is 0 Å². The number of nitrogens with one attached hydrogen (secondary N) is 2. The second-order valence-corrected chi connectivity index (χ2v) is 8.57. The maximum atomic E-state index is 12.8. The number of carbonyl (C=O) groups excluding carboxylic acids is 2. The van der Waals surface area contributed by atoms with Crippen LogP contribution in [0.4, 0.5) is 11.4 Å². The van der Waals surface area contributed by atoms with Gasteiger partial charge in [0.2, 0.25) is 5.91 Å². The van der Waals surface area contributed by atoms with Crippen LogP contribution in [0.5, 0.6) is 0 Å². The molecule has 1 aliphatic rings. The van der Waals surface area contributed by atoms with Crippen LogP contribution in [-0.4, -0.2) is 16.8 Å². The number of hydrogen-bond donors (Lipinski definition) is 2. The molecule has 1 aliphatic heterocycles. The van der Waals surface area contributed by atoms with Crippen molar-refractivity contribution in [2.24, 2.45) is 0 Å². The third-order valence-corrected chi connectivity index (χ3v) is 6.35. The van der Waals surface area contributed by atoms with Crippen molar-refractivity contribution in [2.45, 2.75) is 19.3 Å². The summed E-state index contributed by atoms with van der Waals surface area (Å²) in [5.41, 5.74) is 6.12. The highest BCUT2D eigenvalue weighted by atomic mass is 32.1. The fourth-order valence-electron chi connectivity index (χ4n) is 3.76. The van der Waals surface area contributed by atoms with E-state index in [1.165, 1.54) is 0 Å². The van der Waals surface area contributed by atoms with Crippen LogP contribution < -0.4 is 10.6 Å². The highest BCUT2D eigenvalue weighted by Crippen LogP contribution is 2.29. The standard InChI is InChI=1S/C26H21N3O2S/c30-24-8-4-7-19-15-20(11-14-22(19)28-24)25(31)27-21-12-9-17(10-13-21)23-16-32-26(29-23)18-5-2-1-3-6-18/h1-3,5-6,9-16H,4,7-8H2,(H,27,31)(H,28,30). The van der Waals surface area contributed by atoms with Gasteiger partial charge in [-0.25, -0.2) is 4.98 Å². The second kappa shape index (κ2) is 8.77. The molecule has 1 aromatic heterocycles. The van der Waals surface area contributed by atoms with Gasteiger partial charge in [0.05, 0.1) is 5.69 Å². The molecule has 2 amide bonds. The first-order chi connectivity index (χ1) is 15.7. The molecule has 3 aromatic carbocycles. The summed E-state index contributed by atoms with van der Waals surface area (Å²) in [6, 6.07) is 23.2. The van der Waals surface area contributed by atoms with Crippen molar-refractivity contribution in [3.63, 3.8) is 0 Å². The lowest BCUT2D eigenvalue weighted by Gasteiger charge is -2.10. The van der Waals surface area contributed by atoms with E-state index in [-0.39, 0.29) is 11.8 Å². The summed E-state index contributed by atoms with van der Waals surface area (Å²) in [4.78, 5) is 29.2. The van der Waals surface area contributed by atoms with Crippen LogP contribution in [0.1, 0.15) is 28.8 Å². The van der Waals surface area contributed by atoms with E-state index in [2.05, 4.69) is 22.8 Å². The molecule has 0 saturated carbocycles. The highest BCUT2D eigenvalue weighted by molar-refractivity contribution is 7.13. The lowest BCUT2D eigenvalue weighted by Crippen LogP contribution is -2.13. The monoisotopic (exact) mass is 439 g/mol. The van der Waals surface area contributed by atoms with E-state index >= 15 is 0 Å². The topological polar surface area (TPSA) is 71.1 Å². The maximum Gasteiger partial charge on any atom is 0.255 e. The minimum atomic E-state index is -0.170. The number of anilines is 2. The van der Waals surface area contributed by atoms with Crippen LogP contribution in [0, 0.1) is 0 Å². The van der Waals surface area contributed by atoms with Crippen molar-refractivity contribution in [1.82, 2.24) is 4.98 Å². The van der Waals surface area contributed by atoms with Gasteiger partial charge in [-0.05, 0) is 48.7 Å². The summed E-state index contributed by atoms with van der Waals surface area (Å²) >= 11 is 1.62. The molecule has 0 bridgehead atoms. The Kier molecular flexibility index (Phi) is 5.52. The molecule has 5 rings (SSSR count). The van der Waals surface area contributed by atoms with Crippen LogP contribution in [0.15, 0.2) is 78.2 Å². The number of amides is 2. The molecule has 0 unspecified atom stereocenters. The van der Waals surface area contributed by atoms with Crippen molar-refractivity contribution < 1.29 is 9.59 Å². The summed E-state index contributed by atoms with van der Waals surface area (Å²) in [6.45, 7) is 0. The minimum Gasteiger partial charge on any atom is -0.326 e. The van der Waals surface area contributed by atoms with Crippen LogP contribution >= 0.6 is 11.3 Å². The Balaban J connectivity index is 1.29. The molecule has 2 N–H and O–H groups in total. The number of thiazole rings is 1. The smallest absolute Gasteiger partial charge is 0.255 e. The SMILES string of the molecule is O=C1CCCc2cc(C(=O)Nc3ccc(-c4csc(-c5ccccc5)n4)cc3)ccc2N1. The number of aryl methyl sites for hydroxylation is 1. The summed E-state index contributed by atoms with van der Waals surface area (Å²) < 4.78 is 0. The maximum absolute atomic E-state index is 12.8. The zero-order valence-corrected chi connectivity index (χ0v) is 18.1. The van der Waals surface area contributed by atoms with Crippen LogP contribution in [-0.2, 0) is 11.2 Å². The van der Waals surface area contributed by atoms with Gasteiger partial charge in [-0.1, -0.05) is 42.5 Å². The van der Waals surface area contributed by atoms with Gasteiger partial charge < -0.3 is 10.6 Å². The molecule has 5 nitrogen and oxygen atoms in total. The number of hydrogen-bond acceptors (Lipinski definition) is 4. The minimum absolute atomic E-state index is 0.0250. The average Bonchev–Trinajstić information content (AvgIpc) is 3.23. The van der Waals surface area contributed by atoms with Gasteiger partial charge in [0.1, 0.15) is 5.01 Å². The Morgan fingerprint density at radius 3 is 2.56 bits per heavy atom. The molecule has 0 spiro atoms. The van der Waals surface area contributed by atoms with Crippen molar-refractivity contribution in [2.75, 3.05) is 10.6 Å². The van der Waals surface area contributed by atoms with Crippen LogP contribution in [0.3, 0.4) is 0 Å². The van der Waals surface area contributed by atoms with Crippen LogP contribution in [0.25, 0.3) is 21.8 Å². The van der Waals surface area contributed by atoms with Gasteiger partial charge in [-0.3, -0.25) is 9.59 Å². The van der Waals surface area contributed by atoms with Gasteiger partial charge in [-0.2, -0.15) is 0 Å². The summed E-state index contributed by atoms with van der Waals surface area (Å²) in [6.07, 6.45) is 2.07. The van der Waals surface area contributed by atoms with E-state index < -0.39 is 0 Å². The normalized spacial score (nSPS) is 13.1. The summed E-state index contributed by atoms with van der Waals surface area (Å²) in [5.74, 6) is -0.145. The Labute approximate surface area is 190 Å². The van der Waals surface area contributed by atoms with Crippen molar-refractivity contribution in [3.8, 4) is 21.8 Å². The molecule has 2 heterocycles. The fraction of sp³-hybridized carbons (Fsp3) is 0.115. The van der Waals surface area contributed by atoms with E-state index in [1.807, 2.05) is 60.0 Å². The van der Waals surface area contributed by atoms with Crippen molar-refractivity contribution in [3.05, 3.63) is 89.3 Å². The Morgan fingerprint density at radius 2 is 1.75 bits per heavy atom. The number of fused-ring (bicyclic) bond motifs is 1. The zero-order valence-electron chi connectivity index (χ0n) is 17.3. The molecule has 0 fully saturated rings. The van der Waals surface area contributed by atoms with Gasteiger partial charge in [-0.15, -0.1) is 11.3 Å². The number of aromatic nitrogens is 1. The predicted octanol–water partition coefficient (Wildman–Crippen LogP) is 6.00. The third kappa shape index (κ3) is 4.31. The van der Waals surface area contributed by atoms with E-state index in [9.17, 15) is 9.59 Å². The molecular weight excluding hydrogens is 418 g/mol. The molecule has 0 aliphatic carbocycles. The first kappa shape index (κ1) is 20.2. The fourth-order valence-corrected chi connectivity index (χ4v) is 4.60. The zero-order chi connectivity index (χ0) is 21.9. The Morgan fingerprint density at radius 1 is 0.938 bits per heavy atom. The molecule has 4 aromatic rings. The molecule has 158 valence electrons. The molecule has 0 atom stereocenters. The summed E-state index contributed by atoms with van der Waals surface area (Å²) in [5, 5.41) is 8.88. The first-order valence-electron chi connectivity index (χ1n) is 10.5. The Hall–Kier alpha value is -3.77. The number of nitrogens with zero attached hydrogens (tertiary/aromatic N) is 1. The largest absolute Gasteiger partial charge is 0.326 e. The molecule has 0 radical (unpaired) electrons. The number of benzene rings is 3. The van der Waals surface area contributed by atoms with E-state index in [0.717, 1.165) is 51.6 Å². The van der Waals surface area contributed by atoms with Crippen LogP contribution in [0.2, 0.25) is 0 Å². The lowest BCUT2D eigenvalue weighted by molar-refractivity contribution is -0.116. The lowest BCUT2D eigenvalue weighted by atomic mass is 10.0. The highest BCUT2D eigenvalue weighted by Gasteiger charge is 2.15. The summed E-state index contributed by atoms with van der Waals surface area (Å²) in [7, 11) is 0. The average molecular weight is 440 g/mol.